The molecule has 0 aromatic carbocycles. The van der Waals surface area contributed by atoms with Gasteiger partial charge in [0.05, 0.1) is 23.4 Å². The van der Waals surface area contributed by atoms with Crippen LogP contribution in [0.2, 0.25) is 0 Å². The van der Waals surface area contributed by atoms with Crippen molar-refractivity contribution >= 4 is 23.4 Å². The third-order valence-electron chi connectivity index (χ3n) is 4.29. The second-order valence-electron chi connectivity index (χ2n) is 7.15. The van der Waals surface area contributed by atoms with Crippen LogP contribution in [0.5, 0.6) is 0 Å². The fraction of sp³-hybridized carbons (Fsp3) is 0.444. The van der Waals surface area contributed by atoms with Gasteiger partial charge in [0, 0.05) is 24.6 Å². The average molecular weight is 374 g/mol. The van der Waals surface area contributed by atoms with Crippen LogP contribution in [0.25, 0.3) is 0 Å². The first-order valence-corrected chi connectivity index (χ1v) is 8.73. The molecule has 1 aliphatic rings. The maximum atomic E-state index is 14.7. The third-order valence-corrected chi connectivity index (χ3v) is 4.29. The van der Waals surface area contributed by atoms with E-state index in [1.807, 2.05) is 0 Å². The molecule has 1 amide bonds. The number of primary amides is 1. The van der Waals surface area contributed by atoms with E-state index in [2.05, 4.69) is 20.3 Å². The summed E-state index contributed by atoms with van der Waals surface area (Å²) in [5.74, 6) is 0.120. The lowest BCUT2D eigenvalue weighted by Crippen LogP contribution is -2.41. The quantitative estimate of drug-likeness (QED) is 0.645. The Balaban J connectivity index is 2.01. The molecular formula is C18H23FN6O2. The number of halogens is 1. The number of carbonyl (C=O) groups is 1. The van der Waals surface area contributed by atoms with Gasteiger partial charge in [-0.05, 0) is 38.8 Å². The molecule has 1 saturated carbocycles. The Morgan fingerprint density at radius 1 is 1.44 bits per heavy atom. The van der Waals surface area contributed by atoms with Gasteiger partial charge in [0.1, 0.15) is 12.0 Å². The minimum Gasteiger partial charge on any atom is -0.387 e. The van der Waals surface area contributed by atoms with E-state index in [-0.39, 0.29) is 12.1 Å². The van der Waals surface area contributed by atoms with Gasteiger partial charge in [-0.3, -0.25) is 9.78 Å². The molecule has 1 aliphatic carbocycles. The Labute approximate surface area is 156 Å². The highest BCUT2D eigenvalue weighted by molar-refractivity contribution is 5.99. The number of nitrogens with zero attached hydrogens (tertiary/aromatic N) is 4. The number of aliphatic hydroxyl groups is 1. The Bertz CT molecular complexity index is 821. The van der Waals surface area contributed by atoms with Crippen LogP contribution in [0.4, 0.5) is 21.8 Å². The number of amides is 1. The summed E-state index contributed by atoms with van der Waals surface area (Å²) in [5, 5.41) is 13.2. The van der Waals surface area contributed by atoms with E-state index >= 15 is 0 Å². The maximum absolute atomic E-state index is 14.7. The van der Waals surface area contributed by atoms with Crippen molar-refractivity contribution in [2.75, 3.05) is 16.8 Å². The van der Waals surface area contributed by atoms with Crippen molar-refractivity contribution in [2.45, 2.75) is 44.5 Å². The highest BCUT2D eigenvalue weighted by Gasteiger charge is 2.31. The molecule has 2 aromatic rings. The highest BCUT2D eigenvalue weighted by atomic mass is 19.1. The Kier molecular flexibility index (Phi) is 5.22. The summed E-state index contributed by atoms with van der Waals surface area (Å²) < 4.78 is 14.7. The van der Waals surface area contributed by atoms with Crippen LogP contribution in [-0.2, 0) is 0 Å². The maximum Gasteiger partial charge on any atom is 0.252 e. The van der Waals surface area contributed by atoms with Crippen LogP contribution in [0.1, 0.15) is 37.0 Å². The van der Waals surface area contributed by atoms with Crippen molar-refractivity contribution in [1.29, 1.82) is 0 Å². The first-order chi connectivity index (χ1) is 12.8. The van der Waals surface area contributed by atoms with Crippen LogP contribution >= 0.6 is 0 Å². The zero-order valence-corrected chi connectivity index (χ0v) is 15.3. The molecule has 3 rings (SSSR count). The van der Waals surface area contributed by atoms with Gasteiger partial charge in [0.25, 0.3) is 5.91 Å². The zero-order chi connectivity index (χ0) is 19.6. The summed E-state index contributed by atoms with van der Waals surface area (Å²) in [4.78, 5) is 25.9. The topological polar surface area (TPSA) is 117 Å². The fourth-order valence-corrected chi connectivity index (χ4v) is 2.49. The highest BCUT2D eigenvalue weighted by Crippen LogP contribution is 2.30. The molecule has 1 atom stereocenters. The molecular weight excluding hydrogens is 351 g/mol. The van der Waals surface area contributed by atoms with Crippen molar-refractivity contribution in [1.82, 2.24) is 15.0 Å². The molecule has 0 aliphatic heterocycles. The summed E-state index contributed by atoms with van der Waals surface area (Å²) >= 11 is 0. The number of nitrogens with two attached hydrogens (primary N) is 1. The predicted molar refractivity (Wildman–Crippen MR) is 99.6 cm³/mol. The number of alkyl halides is 1. The Hall–Kier alpha value is -2.81. The van der Waals surface area contributed by atoms with E-state index < -0.39 is 17.7 Å². The van der Waals surface area contributed by atoms with Gasteiger partial charge in [-0.15, -0.1) is 0 Å². The van der Waals surface area contributed by atoms with Crippen LogP contribution in [0.3, 0.4) is 0 Å². The largest absolute Gasteiger partial charge is 0.387 e. The van der Waals surface area contributed by atoms with Crippen molar-refractivity contribution in [3.8, 4) is 0 Å². The second-order valence-corrected chi connectivity index (χ2v) is 7.15. The summed E-state index contributed by atoms with van der Waals surface area (Å²) in [6.07, 6.45) is 4.87. The molecule has 0 saturated heterocycles. The monoisotopic (exact) mass is 374 g/mol. The van der Waals surface area contributed by atoms with Crippen molar-refractivity contribution in [3.05, 3.63) is 36.3 Å². The lowest BCUT2D eigenvalue weighted by molar-refractivity contribution is 0.00141. The summed E-state index contributed by atoms with van der Waals surface area (Å²) in [6, 6.07) is 3.52. The van der Waals surface area contributed by atoms with Gasteiger partial charge in [-0.1, -0.05) is 0 Å². The normalized spacial score (nSPS) is 15.3. The molecule has 0 spiro atoms. The van der Waals surface area contributed by atoms with E-state index in [1.165, 1.54) is 31.1 Å². The number of nitrogens with one attached hydrogen (secondary N) is 1. The van der Waals surface area contributed by atoms with E-state index in [0.717, 1.165) is 12.8 Å². The minimum absolute atomic E-state index is 0.135. The number of hydrogen-bond acceptors (Lipinski definition) is 7. The van der Waals surface area contributed by atoms with Gasteiger partial charge in [-0.25, -0.2) is 9.37 Å². The van der Waals surface area contributed by atoms with Gasteiger partial charge >= 0.3 is 0 Å². The number of hydrogen-bond donors (Lipinski definition) is 3. The summed E-state index contributed by atoms with van der Waals surface area (Å²) in [7, 11) is 0. The lowest BCUT2D eigenvalue weighted by atomic mass is 10.0. The Morgan fingerprint density at radius 3 is 2.81 bits per heavy atom. The first kappa shape index (κ1) is 19.0. The average Bonchev–Trinajstić information content (AvgIpc) is 3.42. The van der Waals surface area contributed by atoms with E-state index in [4.69, 9.17) is 5.73 Å². The van der Waals surface area contributed by atoms with Gasteiger partial charge in [0.2, 0.25) is 5.95 Å². The van der Waals surface area contributed by atoms with Crippen LogP contribution < -0.4 is 16.0 Å². The number of rotatable bonds is 8. The van der Waals surface area contributed by atoms with Crippen molar-refractivity contribution in [2.24, 2.45) is 5.73 Å². The van der Waals surface area contributed by atoms with E-state index in [0.29, 0.717) is 23.5 Å². The number of aromatic nitrogens is 3. The van der Waals surface area contributed by atoms with Gasteiger partial charge < -0.3 is 21.1 Å². The predicted octanol–water partition coefficient (Wildman–Crippen LogP) is 1.79. The Morgan fingerprint density at radius 2 is 2.19 bits per heavy atom. The minimum atomic E-state index is -1.61. The first-order valence-electron chi connectivity index (χ1n) is 8.73. The summed E-state index contributed by atoms with van der Waals surface area (Å²) in [6.45, 7) is 2.54. The molecule has 2 aromatic heterocycles. The SMILES string of the molecule is CC(C)(O)[C@H](F)CN(c1ccnc(NC2CC2)n1)c1ccncc1C(N)=O. The van der Waals surface area contributed by atoms with Gasteiger partial charge in [-0.2, -0.15) is 4.98 Å². The molecule has 8 nitrogen and oxygen atoms in total. The molecule has 27 heavy (non-hydrogen) atoms. The number of pyridine rings is 1. The van der Waals surface area contributed by atoms with Crippen LogP contribution in [0.15, 0.2) is 30.7 Å². The smallest absolute Gasteiger partial charge is 0.252 e. The fourth-order valence-electron chi connectivity index (χ4n) is 2.49. The van der Waals surface area contributed by atoms with Crippen molar-refractivity contribution in [3.63, 3.8) is 0 Å². The molecule has 2 heterocycles. The van der Waals surface area contributed by atoms with E-state index in [9.17, 15) is 14.3 Å². The van der Waals surface area contributed by atoms with Crippen LogP contribution in [0, 0.1) is 0 Å². The molecule has 0 unspecified atom stereocenters. The third kappa shape index (κ3) is 4.68. The van der Waals surface area contributed by atoms with Crippen molar-refractivity contribution < 1.29 is 14.3 Å². The van der Waals surface area contributed by atoms with Gasteiger partial charge in [0.15, 0.2) is 0 Å². The second kappa shape index (κ2) is 7.43. The summed E-state index contributed by atoms with van der Waals surface area (Å²) in [5.41, 5.74) is 4.38. The molecule has 1 fully saturated rings. The molecule has 4 N–H and O–H groups in total. The lowest BCUT2D eigenvalue weighted by Gasteiger charge is -2.31. The zero-order valence-electron chi connectivity index (χ0n) is 15.3. The standard InChI is InChI=1S/C18H23FN6O2/c1-18(2,27)14(19)10-25(13-5-7-21-9-12(13)16(20)26)15-6-8-22-17(24-15)23-11-3-4-11/h5-9,11,14,27H,3-4,10H2,1-2H3,(H2,20,26)(H,22,23,24)/t14-/m1/s1. The number of carbonyl (C=O) groups excluding carboxylic acids is 1. The number of anilines is 3. The molecule has 0 radical (unpaired) electrons. The van der Waals surface area contributed by atoms with E-state index in [1.54, 1.807) is 18.3 Å². The molecule has 9 heteroatoms. The molecule has 144 valence electrons. The van der Waals surface area contributed by atoms with Crippen LogP contribution in [-0.4, -0.2) is 50.3 Å². The molecule has 0 bridgehead atoms.